The summed E-state index contributed by atoms with van der Waals surface area (Å²) in [6, 6.07) is 0. The van der Waals surface area contributed by atoms with E-state index < -0.39 is 0 Å². The van der Waals surface area contributed by atoms with E-state index in [2.05, 4.69) is 32.7 Å². The van der Waals surface area contributed by atoms with Crippen molar-refractivity contribution in [2.24, 2.45) is 0 Å². The van der Waals surface area contributed by atoms with Crippen LogP contribution < -0.4 is 0 Å². The van der Waals surface area contributed by atoms with Crippen molar-refractivity contribution in [3.05, 3.63) is 0 Å². The van der Waals surface area contributed by atoms with Gasteiger partial charge in [0, 0.05) is 32.1 Å². The SMILES string of the molecule is CCC(=O)N(C)CCN(C)C(C)(C)C. The Hall–Kier alpha value is -0.570. The van der Waals surface area contributed by atoms with Crippen LogP contribution in [0.2, 0.25) is 0 Å². The lowest BCUT2D eigenvalue weighted by atomic mass is 10.1. The van der Waals surface area contributed by atoms with E-state index in [4.69, 9.17) is 0 Å². The van der Waals surface area contributed by atoms with Crippen LogP contribution in [0.15, 0.2) is 0 Å². The topological polar surface area (TPSA) is 23.6 Å². The third-order valence-electron chi connectivity index (χ3n) is 2.64. The van der Waals surface area contributed by atoms with Gasteiger partial charge in [0.1, 0.15) is 0 Å². The maximum atomic E-state index is 11.3. The third-order valence-corrected chi connectivity index (χ3v) is 2.64. The lowest BCUT2D eigenvalue weighted by Crippen LogP contribution is -2.43. The van der Waals surface area contributed by atoms with E-state index in [1.165, 1.54) is 0 Å². The first-order chi connectivity index (χ1) is 6.29. The van der Waals surface area contributed by atoms with Gasteiger partial charge in [0.2, 0.25) is 5.91 Å². The Morgan fingerprint density at radius 2 is 1.64 bits per heavy atom. The summed E-state index contributed by atoms with van der Waals surface area (Å²) in [5.74, 6) is 0.215. The number of hydrogen-bond acceptors (Lipinski definition) is 2. The zero-order chi connectivity index (χ0) is 11.4. The molecule has 0 N–H and O–H groups in total. The molecule has 0 spiro atoms. The van der Waals surface area contributed by atoms with E-state index >= 15 is 0 Å². The minimum absolute atomic E-state index is 0.177. The highest BCUT2D eigenvalue weighted by atomic mass is 16.2. The average molecular weight is 200 g/mol. The first-order valence-electron chi connectivity index (χ1n) is 5.24. The van der Waals surface area contributed by atoms with Gasteiger partial charge in [-0.25, -0.2) is 0 Å². The van der Waals surface area contributed by atoms with Crippen LogP contribution in [0.1, 0.15) is 34.1 Å². The van der Waals surface area contributed by atoms with E-state index in [1.54, 1.807) is 4.90 Å². The van der Waals surface area contributed by atoms with E-state index in [0.717, 1.165) is 13.1 Å². The Balaban J connectivity index is 3.89. The molecule has 0 rings (SSSR count). The highest BCUT2D eigenvalue weighted by molar-refractivity contribution is 5.75. The number of amides is 1. The predicted octanol–water partition coefficient (Wildman–Crippen LogP) is 1.59. The van der Waals surface area contributed by atoms with E-state index in [9.17, 15) is 4.79 Å². The van der Waals surface area contributed by atoms with Crippen molar-refractivity contribution in [3.8, 4) is 0 Å². The average Bonchev–Trinajstić information content (AvgIpc) is 2.10. The number of nitrogens with zero attached hydrogens (tertiary/aromatic N) is 2. The molecule has 1 amide bonds. The molecule has 0 saturated heterocycles. The molecular weight excluding hydrogens is 176 g/mol. The molecule has 0 bridgehead atoms. The Morgan fingerprint density at radius 1 is 1.14 bits per heavy atom. The smallest absolute Gasteiger partial charge is 0.222 e. The van der Waals surface area contributed by atoms with Crippen molar-refractivity contribution in [3.63, 3.8) is 0 Å². The number of hydrogen-bond donors (Lipinski definition) is 0. The fourth-order valence-electron chi connectivity index (χ4n) is 1.03. The highest BCUT2D eigenvalue weighted by Crippen LogP contribution is 2.09. The summed E-state index contributed by atoms with van der Waals surface area (Å²) in [5, 5.41) is 0. The third kappa shape index (κ3) is 4.61. The Labute approximate surface area is 88.1 Å². The molecule has 0 aliphatic heterocycles. The molecule has 3 nitrogen and oxygen atoms in total. The standard InChI is InChI=1S/C11H24N2O/c1-7-10(14)12(5)8-9-13(6)11(2,3)4/h7-9H2,1-6H3. The minimum Gasteiger partial charge on any atom is -0.344 e. The summed E-state index contributed by atoms with van der Waals surface area (Å²) >= 11 is 0. The van der Waals surface area contributed by atoms with Crippen molar-refractivity contribution in [2.75, 3.05) is 27.2 Å². The summed E-state index contributed by atoms with van der Waals surface area (Å²) in [7, 11) is 3.95. The zero-order valence-corrected chi connectivity index (χ0v) is 10.4. The van der Waals surface area contributed by atoms with Crippen molar-refractivity contribution in [1.29, 1.82) is 0 Å². The second-order valence-electron chi connectivity index (χ2n) is 4.76. The van der Waals surface area contributed by atoms with Crippen molar-refractivity contribution in [2.45, 2.75) is 39.7 Å². The van der Waals surface area contributed by atoms with Gasteiger partial charge in [-0.15, -0.1) is 0 Å². The normalized spacial score (nSPS) is 11.9. The van der Waals surface area contributed by atoms with Gasteiger partial charge < -0.3 is 4.90 Å². The van der Waals surface area contributed by atoms with E-state index in [0.29, 0.717) is 6.42 Å². The maximum Gasteiger partial charge on any atom is 0.222 e. The zero-order valence-electron chi connectivity index (χ0n) is 10.4. The van der Waals surface area contributed by atoms with Crippen LogP contribution in [0.25, 0.3) is 0 Å². The second-order valence-corrected chi connectivity index (χ2v) is 4.76. The van der Waals surface area contributed by atoms with Crippen molar-refractivity contribution in [1.82, 2.24) is 9.80 Å². The Bertz CT molecular complexity index is 184. The summed E-state index contributed by atoms with van der Waals surface area (Å²) < 4.78 is 0. The molecule has 0 saturated carbocycles. The molecule has 0 unspecified atom stereocenters. The molecular formula is C11H24N2O. The van der Waals surface area contributed by atoms with Crippen LogP contribution in [0, 0.1) is 0 Å². The molecule has 0 aromatic carbocycles. The summed E-state index contributed by atoms with van der Waals surface area (Å²) in [6.07, 6.45) is 0.593. The van der Waals surface area contributed by atoms with Crippen molar-refractivity contribution >= 4 is 5.91 Å². The first kappa shape index (κ1) is 13.4. The van der Waals surface area contributed by atoms with Crippen LogP contribution in [0.5, 0.6) is 0 Å². The van der Waals surface area contributed by atoms with Gasteiger partial charge in [-0.05, 0) is 27.8 Å². The molecule has 14 heavy (non-hydrogen) atoms. The quantitative estimate of drug-likeness (QED) is 0.688. The van der Waals surface area contributed by atoms with Crippen LogP contribution >= 0.6 is 0 Å². The lowest BCUT2D eigenvalue weighted by molar-refractivity contribution is -0.129. The molecule has 84 valence electrons. The van der Waals surface area contributed by atoms with E-state index in [1.807, 2.05) is 14.0 Å². The predicted molar refractivity (Wildman–Crippen MR) is 60.3 cm³/mol. The fourth-order valence-corrected chi connectivity index (χ4v) is 1.03. The highest BCUT2D eigenvalue weighted by Gasteiger charge is 2.17. The molecule has 0 heterocycles. The van der Waals surface area contributed by atoms with Crippen molar-refractivity contribution < 1.29 is 4.79 Å². The molecule has 0 aromatic rings. The molecule has 0 fully saturated rings. The summed E-state index contributed by atoms with van der Waals surface area (Å²) in [6.45, 7) is 10.1. The fraction of sp³-hybridized carbons (Fsp3) is 0.909. The molecule has 0 aromatic heterocycles. The van der Waals surface area contributed by atoms with Gasteiger partial charge >= 0.3 is 0 Å². The molecule has 0 aliphatic rings. The monoisotopic (exact) mass is 200 g/mol. The molecule has 0 radical (unpaired) electrons. The Morgan fingerprint density at radius 3 is 2.00 bits per heavy atom. The maximum absolute atomic E-state index is 11.3. The van der Waals surface area contributed by atoms with Gasteiger partial charge in [0.25, 0.3) is 0 Å². The van der Waals surface area contributed by atoms with Gasteiger partial charge in [0.05, 0.1) is 0 Å². The van der Waals surface area contributed by atoms with Crippen LogP contribution in [0.4, 0.5) is 0 Å². The number of rotatable bonds is 4. The molecule has 3 heteroatoms. The van der Waals surface area contributed by atoms with Crippen LogP contribution in [-0.4, -0.2) is 48.4 Å². The van der Waals surface area contributed by atoms with Gasteiger partial charge in [-0.1, -0.05) is 6.92 Å². The lowest BCUT2D eigenvalue weighted by Gasteiger charge is -2.33. The number of carbonyl (C=O) groups is 1. The minimum atomic E-state index is 0.177. The molecule has 0 aliphatic carbocycles. The van der Waals surface area contributed by atoms with Crippen LogP contribution in [0.3, 0.4) is 0 Å². The number of carbonyl (C=O) groups excluding carboxylic acids is 1. The second kappa shape index (κ2) is 5.35. The molecule has 0 atom stereocenters. The van der Waals surface area contributed by atoms with E-state index in [-0.39, 0.29) is 11.4 Å². The summed E-state index contributed by atoms with van der Waals surface area (Å²) in [4.78, 5) is 15.3. The first-order valence-corrected chi connectivity index (χ1v) is 5.24. The Kier molecular flexibility index (Phi) is 5.13. The number of likely N-dealkylation sites (N-methyl/N-ethyl adjacent to an activating group) is 2. The van der Waals surface area contributed by atoms with Gasteiger partial charge in [-0.3, -0.25) is 9.69 Å². The van der Waals surface area contributed by atoms with Gasteiger partial charge in [-0.2, -0.15) is 0 Å². The largest absolute Gasteiger partial charge is 0.344 e. The van der Waals surface area contributed by atoms with Crippen LogP contribution in [-0.2, 0) is 4.79 Å². The van der Waals surface area contributed by atoms with Gasteiger partial charge in [0.15, 0.2) is 0 Å². The summed E-state index contributed by atoms with van der Waals surface area (Å²) in [5.41, 5.74) is 0.177.